The minimum absolute atomic E-state index is 0.00245. The van der Waals surface area contributed by atoms with Gasteiger partial charge in [-0.15, -0.1) is 0 Å². The number of carbonyl (C=O) groups is 1. The molecule has 1 amide bonds. The van der Waals surface area contributed by atoms with E-state index < -0.39 is 6.04 Å². The molecule has 0 radical (unpaired) electrons. The standard InChI is InChI=1S/C12H20N4OS/c1-8-9(2)18-5-4-16(8)12(17)11(13)10-6-14-15(3)7-10/h6-9,11H,4-5,13H2,1-3H3. The molecule has 1 saturated heterocycles. The molecule has 1 aliphatic heterocycles. The maximum atomic E-state index is 12.4. The van der Waals surface area contributed by atoms with Crippen LogP contribution in [0.1, 0.15) is 25.5 Å². The zero-order chi connectivity index (χ0) is 13.3. The number of aryl methyl sites for hydroxylation is 1. The first-order valence-corrected chi connectivity index (χ1v) is 7.21. The molecule has 3 unspecified atom stereocenters. The van der Waals surface area contributed by atoms with Gasteiger partial charge in [-0.05, 0) is 6.92 Å². The summed E-state index contributed by atoms with van der Waals surface area (Å²) in [6.45, 7) is 5.03. The minimum atomic E-state index is -0.601. The molecule has 0 aliphatic carbocycles. The molecule has 2 heterocycles. The van der Waals surface area contributed by atoms with Crippen molar-refractivity contribution in [1.29, 1.82) is 0 Å². The maximum absolute atomic E-state index is 12.4. The zero-order valence-corrected chi connectivity index (χ0v) is 11.9. The van der Waals surface area contributed by atoms with Crippen molar-refractivity contribution in [3.8, 4) is 0 Å². The van der Waals surface area contributed by atoms with Crippen LogP contribution in [-0.2, 0) is 11.8 Å². The van der Waals surface area contributed by atoms with Crippen LogP contribution in [-0.4, -0.2) is 44.2 Å². The molecule has 2 N–H and O–H groups in total. The predicted molar refractivity (Wildman–Crippen MR) is 73.2 cm³/mol. The Hall–Kier alpha value is -1.01. The molecule has 1 aliphatic rings. The van der Waals surface area contributed by atoms with Gasteiger partial charge in [-0.1, -0.05) is 6.92 Å². The molecule has 1 fully saturated rings. The molecule has 6 heteroatoms. The van der Waals surface area contributed by atoms with E-state index in [1.54, 1.807) is 17.1 Å². The highest BCUT2D eigenvalue weighted by Gasteiger charge is 2.32. The summed E-state index contributed by atoms with van der Waals surface area (Å²) in [6.07, 6.45) is 3.46. The van der Waals surface area contributed by atoms with Crippen molar-refractivity contribution in [3.63, 3.8) is 0 Å². The fourth-order valence-electron chi connectivity index (χ4n) is 2.17. The van der Waals surface area contributed by atoms with Gasteiger partial charge in [0.25, 0.3) is 0 Å². The molecule has 1 aromatic rings. The second-order valence-corrected chi connectivity index (χ2v) is 6.26. The summed E-state index contributed by atoms with van der Waals surface area (Å²) in [4.78, 5) is 14.3. The summed E-state index contributed by atoms with van der Waals surface area (Å²) in [5.41, 5.74) is 6.82. The van der Waals surface area contributed by atoms with Gasteiger partial charge in [0, 0.05) is 42.4 Å². The van der Waals surface area contributed by atoms with Gasteiger partial charge < -0.3 is 10.6 Å². The number of rotatable bonds is 2. The van der Waals surface area contributed by atoms with Crippen molar-refractivity contribution in [2.75, 3.05) is 12.3 Å². The summed E-state index contributed by atoms with van der Waals surface area (Å²) >= 11 is 1.91. The van der Waals surface area contributed by atoms with Crippen LogP contribution < -0.4 is 5.73 Å². The molecule has 0 bridgehead atoms. The summed E-state index contributed by atoms with van der Waals surface area (Å²) in [5.74, 6) is 0.986. The molecule has 1 aromatic heterocycles. The van der Waals surface area contributed by atoms with Crippen LogP contribution in [0.25, 0.3) is 0 Å². The highest BCUT2D eigenvalue weighted by molar-refractivity contribution is 8.00. The summed E-state index contributed by atoms with van der Waals surface area (Å²) in [7, 11) is 1.82. The topological polar surface area (TPSA) is 64.2 Å². The molecule has 18 heavy (non-hydrogen) atoms. The van der Waals surface area contributed by atoms with E-state index in [2.05, 4.69) is 18.9 Å². The van der Waals surface area contributed by atoms with E-state index in [1.807, 2.05) is 23.7 Å². The molecular formula is C12H20N4OS. The average Bonchev–Trinajstić information content (AvgIpc) is 2.77. The van der Waals surface area contributed by atoms with Crippen LogP contribution in [0.5, 0.6) is 0 Å². The number of aromatic nitrogens is 2. The van der Waals surface area contributed by atoms with Gasteiger partial charge in [0.2, 0.25) is 5.91 Å². The Morgan fingerprint density at radius 1 is 1.61 bits per heavy atom. The Balaban J connectivity index is 2.10. The third kappa shape index (κ3) is 2.54. The van der Waals surface area contributed by atoms with Crippen LogP contribution in [0, 0.1) is 0 Å². The SMILES string of the molecule is CC1SCCN(C(=O)C(N)c2cnn(C)c2)C1C. The molecular weight excluding hydrogens is 248 g/mol. The van der Waals surface area contributed by atoms with Crippen molar-refractivity contribution >= 4 is 17.7 Å². The van der Waals surface area contributed by atoms with Gasteiger partial charge in [-0.25, -0.2) is 0 Å². The van der Waals surface area contributed by atoms with E-state index >= 15 is 0 Å². The number of hydrogen-bond acceptors (Lipinski definition) is 4. The Bertz CT molecular complexity index is 433. The molecule has 3 atom stereocenters. The predicted octanol–water partition coefficient (Wildman–Crippen LogP) is 0.772. The smallest absolute Gasteiger partial charge is 0.244 e. The lowest BCUT2D eigenvalue weighted by Gasteiger charge is -2.38. The highest BCUT2D eigenvalue weighted by atomic mass is 32.2. The number of nitrogens with zero attached hydrogens (tertiary/aromatic N) is 3. The van der Waals surface area contributed by atoms with Crippen molar-refractivity contribution < 1.29 is 4.79 Å². The van der Waals surface area contributed by atoms with Crippen LogP contribution in [0.2, 0.25) is 0 Å². The largest absolute Gasteiger partial charge is 0.336 e. The number of nitrogens with two attached hydrogens (primary N) is 1. The zero-order valence-electron chi connectivity index (χ0n) is 11.0. The molecule has 0 aromatic carbocycles. The maximum Gasteiger partial charge on any atom is 0.244 e. The van der Waals surface area contributed by atoms with E-state index in [0.29, 0.717) is 5.25 Å². The lowest BCUT2D eigenvalue weighted by atomic mass is 10.1. The van der Waals surface area contributed by atoms with Crippen LogP contribution in [0.3, 0.4) is 0 Å². The Morgan fingerprint density at radius 3 is 2.94 bits per heavy atom. The van der Waals surface area contributed by atoms with Crippen molar-refractivity contribution in [1.82, 2.24) is 14.7 Å². The first-order valence-electron chi connectivity index (χ1n) is 6.17. The number of carbonyl (C=O) groups excluding carboxylic acids is 1. The van der Waals surface area contributed by atoms with Gasteiger partial charge in [0.1, 0.15) is 6.04 Å². The number of thioether (sulfide) groups is 1. The van der Waals surface area contributed by atoms with E-state index in [0.717, 1.165) is 17.9 Å². The quantitative estimate of drug-likeness (QED) is 0.860. The monoisotopic (exact) mass is 268 g/mol. The molecule has 0 saturated carbocycles. The van der Waals surface area contributed by atoms with Gasteiger partial charge in [-0.3, -0.25) is 9.48 Å². The molecule has 0 spiro atoms. The lowest BCUT2D eigenvalue weighted by Crippen LogP contribution is -2.50. The number of amides is 1. The first-order chi connectivity index (χ1) is 8.50. The molecule has 5 nitrogen and oxygen atoms in total. The average molecular weight is 268 g/mol. The van der Waals surface area contributed by atoms with E-state index in [4.69, 9.17) is 5.73 Å². The Kier molecular flexibility index (Phi) is 3.97. The fourth-order valence-corrected chi connectivity index (χ4v) is 3.27. The second kappa shape index (κ2) is 5.32. The molecule has 2 rings (SSSR count). The summed E-state index contributed by atoms with van der Waals surface area (Å²) in [6, 6.07) is -0.365. The highest BCUT2D eigenvalue weighted by Crippen LogP contribution is 2.26. The third-order valence-electron chi connectivity index (χ3n) is 3.52. The lowest BCUT2D eigenvalue weighted by molar-refractivity contribution is -0.134. The third-order valence-corrected chi connectivity index (χ3v) is 4.85. The van der Waals surface area contributed by atoms with Crippen molar-refractivity contribution in [2.45, 2.75) is 31.2 Å². The van der Waals surface area contributed by atoms with E-state index in [-0.39, 0.29) is 11.9 Å². The van der Waals surface area contributed by atoms with Crippen LogP contribution in [0.15, 0.2) is 12.4 Å². The number of hydrogen-bond donors (Lipinski definition) is 1. The van der Waals surface area contributed by atoms with Gasteiger partial charge >= 0.3 is 0 Å². The van der Waals surface area contributed by atoms with Crippen molar-refractivity contribution in [2.24, 2.45) is 12.8 Å². The normalized spacial score (nSPS) is 26.1. The van der Waals surface area contributed by atoms with Gasteiger partial charge in [-0.2, -0.15) is 16.9 Å². The van der Waals surface area contributed by atoms with E-state index in [9.17, 15) is 4.79 Å². The summed E-state index contributed by atoms with van der Waals surface area (Å²) < 4.78 is 1.67. The van der Waals surface area contributed by atoms with Crippen LogP contribution in [0.4, 0.5) is 0 Å². The fraction of sp³-hybridized carbons (Fsp3) is 0.667. The van der Waals surface area contributed by atoms with Gasteiger partial charge in [0.05, 0.1) is 6.20 Å². The molecule has 100 valence electrons. The summed E-state index contributed by atoms with van der Waals surface area (Å²) in [5, 5.41) is 4.52. The first kappa shape index (κ1) is 13.4. The Morgan fingerprint density at radius 2 is 2.33 bits per heavy atom. The van der Waals surface area contributed by atoms with Crippen LogP contribution >= 0.6 is 11.8 Å². The minimum Gasteiger partial charge on any atom is -0.336 e. The van der Waals surface area contributed by atoms with E-state index in [1.165, 1.54) is 0 Å². The van der Waals surface area contributed by atoms with Gasteiger partial charge in [0.15, 0.2) is 0 Å². The second-order valence-electron chi connectivity index (χ2n) is 4.77. The van der Waals surface area contributed by atoms with Crippen molar-refractivity contribution in [3.05, 3.63) is 18.0 Å². The Labute approximate surface area is 112 Å².